The van der Waals surface area contributed by atoms with Crippen LogP contribution in [0.4, 0.5) is 13.2 Å². The highest BCUT2D eigenvalue weighted by Gasteiger charge is 2.39. The summed E-state index contributed by atoms with van der Waals surface area (Å²) in [6, 6.07) is 9.45. The normalized spacial score (nSPS) is 18.3. The first-order valence-electron chi connectivity index (χ1n) is 10.6. The Morgan fingerprint density at radius 3 is 2.38 bits per heavy atom. The summed E-state index contributed by atoms with van der Waals surface area (Å²) in [5, 5.41) is 6.57. The van der Waals surface area contributed by atoms with Crippen LogP contribution in [0.3, 0.4) is 0 Å². The molecule has 3 heterocycles. The van der Waals surface area contributed by atoms with Crippen molar-refractivity contribution in [2.24, 2.45) is 7.05 Å². The van der Waals surface area contributed by atoms with E-state index in [2.05, 4.69) is 10.4 Å². The zero-order valence-electron chi connectivity index (χ0n) is 18.0. The Kier molecular flexibility index (Phi) is 5.03. The van der Waals surface area contributed by atoms with E-state index >= 15 is 0 Å². The van der Waals surface area contributed by atoms with E-state index in [1.54, 1.807) is 30.1 Å². The van der Waals surface area contributed by atoms with Gasteiger partial charge in [0.15, 0.2) is 0 Å². The summed E-state index contributed by atoms with van der Waals surface area (Å²) in [5.74, 6) is -1.10. The number of nitrogens with one attached hydrogen (secondary N) is 1. The Hall–Kier alpha value is -3.95. The van der Waals surface area contributed by atoms with Crippen LogP contribution in [0.25, 0.3) is 22.4 Å². The molecular weight excluding hydrogens is 449 g/mol. The summed E-state index contributed by atoms with van der Waals surface area (Å²) in [4.78, 5) is 38.1. The molecule has 3 amide bonds. The minimum atomic E-state index is -4.42. The first-order chi connectivity index (χ1) is 16.1. The molecule has 174 valence electrons. The molecule has 7 nitrogen and oxygen atoms in total. The van der Waals surface area contributed by atoms with Gasteiger partial charge >= 0.3 is 6.18 Å². The molecule has 10 heteroatoms. The van der Waals surface area contributed by atoms with Crippen LogP contribution in [-0.4, -0.2) is 38.4 Å². The molecule has 3 aromatic rings. The maximum absolute atomic E-state index is 13.0. The molecule has 1 unspecified atom stereocenters. The largest absolute Gasteiger partial charge is 0.416 e. The molecule has 0 aliphatic carbocycles. The summed E-state index contributed by atoms with van der Waals surface area (Å²) in [6.45, 7) is 0.226. The maximum Gasteiger partial charge on any atom is 0.416 e. The third-order valence-electron chi connectivity index (χ3n) is 6.26. The lowest BCUT2D eigenvalue weighted by Crippen LogP contribution is -2.52. The fourth-order valence-corrected chi connectivity index (χ4v) is 4.55. The lowest BCUT2D eigenvalue weighted by molar-refractivity contribution is -0.138. The predicted molar refractivity (Wildman–Crippen MR) is 115 cm³/mol. The van der Waals surface area contributed by atoms with E-state index in [1.807, 2.05) is 6.07 Å². The van der Waals surface area contributed by atoms with E-state index < -0.39 is 23.7 Å². The highest BCUT2D eigenvalue weighted by Crippen LogP contribution is 2.37. The molecule has 0 saturated carbocycles. The van der Waals surface area contributed by atoms with Gasteiger partial charge in [-0.25, -0.2) is 0 Å². The topological polar surface area (TPSA) is 84.3 Å². The summed E-state index contributed by atoms with van der Waals surface area (Å²) in [5.41, 5.74) is 3.15. The Bertz CT molecular complexity index is 1330. The number of aryl methyl sites for hydroxylation is 1. The summed E-state index contributed by atoms with van der Waals surface area (Å²) < 4.78 is 40.5. The SMILES string of the molecule is Cn1ncc(-c2ccc3c(c2)CN(C2CCC(=O)NC2=O)C3=O)c1-c1ccc(C(F)(F)F)cc1. The molecule has 1 N–H and O–H groups in total. The first kappa shape index (κ1) is 21.9. The zero-order valence-corrected chi connectivity index (χ0v) is 18.0. The smallest absolute Gasteiger partial charge is 0.322 e. The minimum Gasteiger partial charge on any atom is -0.322 e. The number of carbonyl (C=O) groups is 3. The van der Waals surface area contributed by atoms with Crippen molar-refractivity contribution >= 4 is 17.7 Å². The van der Waals surface area contributed by atoms with Gasteiger partial charge in [-0.05, 0) is 41.8 Å². The van der Waals surface area contributed by atoms with Crippen molar-refractivity contribution in [2.75, 3.05) is 0 Å². The monoisotopic (exact) mass is 468 g/mol. The van der Waals surface area contributed by atoms with Gasteiger partial charge in [-0.1, -0.05) is 18.2 Å². The fourth-order valence-electron chi connectivity index (χ4n) is 4.55. The molecule has 0 spiro atoms. The Labute approximate surface area is 192 Å². The van der Waals surface area contributed by atoms with Crippen molar-refractivity contribution in [3.63, 3.8) is 0 Å². The van der Waals surface area contributed by atoms with Crippen LogP contribution in [0, 0.1) is 0 Å². The van der Waals surface area contributed by atoms with Gasteiger partial charge in [-0.2, -0.15) is 18.3 Å². The van der Waals surface area contributed by atoms with Gasteiger partial charge in [-0.3, -0.25) is 24.4 Å². The molecule has 2 aliphatic heterocycles. The average molecular weight is 468 g/mol. The van der Waals surface area contributed by atoms with Crippen LogP contribution in [0.1, 0.15) is 34.3 Å². The van der Waals surface area contributed by atoms with Crippen molar-refractivity contribution < 1.29 is 27.6 Å². The number of benzene rings is 2. The number of nitrogens with zero attached hydrogens (tertiary/aromatic N) is 3. The van der Waals surface area contributed by atoms with Gasteiger partial charge in [0.05, 0.1) is 17.5 Å². The lowest BCUT2D eigenvalue weighted by atomic mass is 9.97. The Morgan fingerprint density at radius 1 is 1.00 bits per heavy atom. The van der Waals surface area contributed by atoms with Crippen molar-refractivity contribution in [3.8, 4) is 22.4 Å². The second-order valence-electron chi connectivity index (χ2n) is 8.38. The molecule has 5 rings (SSSR count). The third kappa shape index (κ3) is 3.64. The number of carbonyl (C=O) groups excluding carboxylic acids is 3. The van der Waals surface area contributed by atoms with Crippen molar-refractivity contribution in [2.45, 2.75) is 31.6 Å². The van der Waals surface area contributed by atoms with Crippen LogP contribution in [0.15, 0.2) is 48.7 Å². The zero-order chi connectivity index (χ0) is 24.2. The van der Waals surface area contributed by atoms with Crippen LogP contribution < -0.4 is 5.32 Å². The van der Waals surface area contributed by atoms with E-state index in [-0.39, 0.29) is 31.2 Å². The van der Waals surface area contributed by atoms with Crippen LogP contribution in [0.5, 0.6) is 0 Å². The molecular formula is C24H19F3N4O3. The van der Waals surface area contributed by atoms with Gasteiger partial charge < -0.3 is 4.90 Å². The number of halogens is 3. The van der Waals surface area contributed by atoms with Gasteiger partial charge in [0.1, 0.15) is 6.04 Å². The fraction of sp³-hybridized carbons (Fsp3) is 0.250. The maximum atomic E-state index is 13.0. The van der Waals surface area contributed by atoms with Crippen molar-refractivity contribution in [1.29, 1.82) is 0 Å². The average Bonchev–Trinajstić information content (AvgIpc) is 3.33. The van der Waals surface area contributed by atoms with E-state index in [9.17, 15) is 27.6 Å². The molecule has 1 aromatic heterocycles. The molecule has 0 bridgehead atoms. The highest BCUT2D eigenvalue weighted by atomic mass is 19.4. The molecule has 1 saturated heterocycles. The number of alkyl halides is 3. The summed E-state index contributed by atoms with van der Waals surface area (Å²) >= 11 is 0. The molecule has 0 radical (unpaired) electrons. The lowest BCUT2D eigenvalue weighted by Gasteiger charge is -2.29. The molecule has 34 heavy (non-hydrogen) atoms. The van der Waals surface area contributed by atoms with E-state index in [4.69, 9.17) is 0 Å². The van der Waals surface area contributed by atoms with Crippen molar-refractivity contribution in [1.82, 2.24) is 20.0 Å². The van der Waals surface area contributed by atoms with Crippen LogP contribution in [0.2, 0.25) is 0 Å². The van der Waals surface area contributed by atoms with Gasteiger partial charge in [0.2, 0.25) is 11.8 Å². The predicted octanol–water partition coefficient (Wildman–Crippen LogP) is 3.53. The van der Waals surface area contributed by atoms with Crippen LogP contribution >= 0.6 is 0 Å². The number of aromatic nitrogens is 2. The number of fused-ring (bicyclic) bond motifs is 1. The Balaban J connectivity index is 1.47. The molecule has 2 aliphatic rings. The van der Waals surface area contributed by atoms with Crippen molar-refractivity contribution in [3.05, 3.63) is 65.4 Å². The van der Waals surface area contributed by atoms with Gasteiger partial charge in [0.25, 0.3) is 5.91 Å². The minimum absolute atomic E-state index is 0.175. The summed E-state index contributed by atoms with van der Waals surface area (Å²) in [7, 11) is 1.71. The van der Waals surface area contributed by atoms with Gasteiger partial charge in [0, 0.05) is 36.7 Å². The number of hydrogen-bond donors (Lipinski definition) is 1. The van der Waals surface area contributed by atoms with Gasteiger partial charge in [-0.15, -0.1) is 0 Å². The second kappa shape index (κ2) is 7.82. The molecule has 1 atom stereocenters. The third-order valence-corrected chi connectivity index (χ3v) is 6.26. The number of imide groups is 1. The van der Waals surface area contributed by atoms with Crippen LogP contribution in [-0.2, 0) is 29.4 Å². The standard InChI is InChI=1S/C24H19F3N4O3/c1-30-21(13-2-5-16(6-3-13)24(25,26)27)18(11-28-30)14-4-7-17-15(10-14)12-31(23(17)34)19-8-9-20(32)29-22(19)33/h2-7,10-11,19H,8-9,12H2,1H3,(H,29,32,33). The second-order valence-corrected chi connectivity index (χ2v) is 8.38. The first-order valence-corrected chi connectivity index (χ1v) is 10.6. The summed E-state index contributed by atoms with van der Waals surface area (Å²) in [6.07, 6.45) is -2.34. The number of hydrogen-bond acceptors (Lipinski definition) is 4. The van der Waals surface area contributed by atoms with E-state index in [0.29, 0.717) is 22.4 Å². The molecule has 1 fully saturated rings. The molecule has 2 aromatic carbocycles. The number of amides is 3. The number of rotatable bonds is 3. The quantitative estimate of drug-likeness (QED) is 0.596. The number of piperidine rings is 1. The highest BCUT2D eigenvalue weighted by molar-refractivity contribution is 6.05. The van der Waals surface area contributed by atoms with E-state index in [1.165, 1.54) is 17.0 Å². The Morgan fingerprint density at radius 2 is 1.71 bits per heavy atom. The van der Waals surface area contributed by atoms with E-state index in [0.717, 1.165) is 23.3 Å².